The summed E-state index contributed by atoms with van der Waals surface area (Å²) in [6.45, 7) is 4.12. The zero-order valence-corrected chi connectivity index (χ0v) is 20.7. The highest BCUT2D eigenvalue weighted by Crippen LogP contribution is 2.25. The van der Waals surface area contributed by atoms with Crippen LogP contribution in [0, 0.1) is 18.3 Å². The Morgan fingerprint density at radius 3 is 2.47 bits per heavy atom. The molecule has 0 aliphatic heterocycles. The Morgan fingerprint density at radius 2 is 1.83 bits per heavy atom. The predicted molar refractivity (Wildman–Crippen MR) is 138 cm³/mol. The number of amides is 1. The average molecular weight is 490 g/mol. The number of terminal acetylenes is 1. The van der Waals surface area contributed by atoms with Gasteiger partial charge in [0.15, 0.2) is 17.0 Å². The number of hydrogen-bond donors (Lipinski definition) is 3. The molecule has 0 fully saturated rings. The Morgan fingerprint density at radius 1 is 1.11 bits per heavy atom. The summed E-state index contributed by atoms with van der Waals surface area (Å²) in [6.07, 6.45) is 9.50. The van der Waals surface area contributed by atoms with Crippen LogP contribution in [0.3, 0.4) is 0 Å². The third kappa shape index (κ3) is 6.66. The van der Waals surface area contributed by atoms with Crippen LogP contribution in [0.15, 0.2) is 30.5 Å². The molecule has 188 valence electrons. The van der Waals surface area contributed by atoms with Gasteiger partial charge in [0.1, 0.15) is 6.04 Å². The number of methoxy groups -OCH3 is 1. The van der Waals surface area contributed by atoms with Crippen LogP contribution in [0.1, 0.15) is 60.6 Å². The number of carbonyl (C=O) groups excluding carboxylic acids is 2. The van der Waals surface area contributed by atoms with Gasteiger partial charge in [0.2, 0.25) is 5.95 Å². The van der Waals surface area contributed by atoms with E-state index in [1.807, 2.05) is 12.1 Å². The van der Waals surface area contributed by atoms with Gasteiger partial charge >= 0.3 is 5.97 Å². The number of nitrogen functional groups attached to an aromatic ring is 2. The minimum atomic E-state index is -0.697. The van der Waals surface area contributed by atoms with Crippen LogP contribution in [-0.4, -0.2) is 45.0 Å². The molecule has 3 aromatic rings. The third-order valence-electron chi connectivity index (χ3n) is 5.79. The highest BCUT2D eigenvalue weighted by Gasteiger charge is 2.23. The van der Waals surface area contributed by atoms with Gasteiger partial charge in [-0.05, 0) is 42.9 Å². The van der Waals surface area contributed by atoms with Gasteiger partial charge in [0.05, 0.1) is 19.0 Å². The van der Waals surface area contributed by atoms with Crippen LogP contribution in [0.5, 0.6) is 0 Å². The topological polar surface area (TPSA) is 159 Å². The second-order valence-electron chi connectivity index (χ2n) is 8.95. The molecule has 2 atom stereocenters. The number of nitrogens with two attached hydrogens (primary N) is 2. The zero-order chi connectivity index (χ0) is 26.2. The number of fused-ring (bicyclic) bond motifs is 1. The van der Waals surface area contributed by atoms with Gasteiger partial charge in [-0.1, -0.05) is 26.0 Å². The van der Waals surface area contributed by atoms with Crippen LogP contribution >= 0.6 is 0 Å². The summed E-state index contributed by atoms with van der Waals surface area (Å²) in [5.41, 5.74) is 14.3. The number of hydrogen-bond acceptors (Lipinski definition) is 9. The minimum Gasteiger partial charge on any atom is -0.467 e. The predicted octanol–water partition coefficient (Wildman–Crippen LogP) is 2.64. The van der Waals surface area contributed by atoms with Gasteiger partial charge in [0.25, 0.3) is 5.91 Å². The van der Waals surface area contributed by atoms with Crippen molar-refractivity contribution in [3.8, 4) is 12.3 Å². The highest BCUT2D eigenvalue weighted by atomic mass is 16.5. The summed E-state index contributed by atoms with van der Waals surface area (Å²) in [4.78, 5) is 41.8. The lowest BCUT2D eigenvalue weighted by Crippen LogP contribution is -2.41. The molecule has 5 N–H and O–H groups in total. The van der Waals surface area contributed by atoms with Gasteiger partial charge in [-0.2, -0.15) is 9.97 Å². The van der Waals surface area contributed by atoms with Crippen molar-refractivity contribution in [1.29, 1.82) is 0 Å². The van der Waals surface area contributed by atoms with E-state index in [0.29, 0.717) is 47.6 Å². The molecule has 2 heterocycles. The molecule has 0 saturated heterocycles. The number of benzene rings is 1. The lowest BCUT2D eigenvalue weighted by atomic mass is 9.91. The molecule has 0 aliphatic carbocycles. The average Bonchev–Trinajstić information content (AvgIpc) is 2.86. The van der Waals surface area contributed by atoms with Crippen LogP contribution in [-0.2, 0) is 16.0 Å². The maximum Gasteiger partial charge on any atom is 0.328 e. The van der Waals surface area contributed by atoms with E-state index in [9.17, 15) is 9.59 Å². The third-order valence-corrected chi connectivity index (χ3v) is 5.79. The number of ether oxygens (including phenoxy) is 1. The Labute approximate surface area is 210 Å². The lowest BCUT2D eigenvalue weighted by molar-refractivity contribution is -0.143. The van der Waals surface area contributed by atoms with Crippen molar-refractivity contribution < 1.29 is 14.3 Å². The van der Waals surface area contributed by atoms with Crippen LogP contribution < -0.4 is 16.8 Å². The lowest BCUT2D eigenvalue weighted by Gasteiger charge is -2.18. The summed E-state index contributed by atoms with van der Waals surface area (Å²) in [5, 5.41) is 2.78. The Kier molecular flexibility index (Phi) is 8.73. The van der Waals surface area contributed by atoms with Crippen molar-refractivity contribution in [2.75, 3.05) is 18.6 Å². The first kappa shape index (κ1) is 26.3. The standard InChI is InChI=1S/C26H31N7O3/c1-5-6-18(13-19-14-29-23-21(30-19)22(27)32-26(28)33-23)16-8-10-17(11-9-16)24(34)31-20(25(35)36-4)12-7-15(2)3/h1,8-11,14-15,18,20H,6-7,12-13H2,2-4H3,(H,31,34)(H4,27,28,29,32,33)/t18?,20-/m0/s1. The van der Waals surface area contributed by atoms with Crippen LogP contribution in [0.2, 0.25) is 0 Å². The van der Waals surface area contributed by atoms with E-state index < -0.39 is 12.0 Å². The van der Waals surface area contributed by atoms with E-state index in [-0.39, 0.29) is 23.6 Å². The van der Waals surface area contributed by atoms with Gasteiger partial charge in [-0.25, -0.2) is 14.8 Å². The van der Waals surface area contributed by atoms with E-state index in [0.717, 1.165) is 12.0 Å². The summed E-state index contributed by atoms with van der Waals surface area (Å²) >= 11 is 0. The highest BCUT2D eigenvalue weighted by molar-refractivity contribution is 5.96. The molecule has 10 heteroatoms. The van der Waals surface area contributed by atoms with Gasteiger partial charge in [0, 0.05) is 17.9 Å². The first-order chi connectivity index (χ1) is 17.2. The molecule has 36 heavy (non-hydrogen) atoms. The van der Waals surface area contributed by atoms with Crippen molar-refractivity contribution >= 4 is 34.8 Å². The fraction of sp³-hybridized carbons (Fsp3) is 0.385. The first-order valence-corrected chi connectivity index (χ1v) is 11.7. The monoisotopic (exact) mass is 489 g/mol. The van der Waals surface area contributed by atoms with E-state index in [2.05, 4.69) is 45.0 Å². The van der Waals surface area contributed by atoms with E-state index in [1.165, 1.54) is 7.11 Å². The molecular weight excluding hydrogens is 458 g/mol. The second kappa shape index (κ2) is 11.9. The minimum absolute atomic E-state index is 0.0363. The van der Waals surface area contributed by atoms with Crippen molar-refractivity contribution in [1.82, 2.24) is 25.3 Å². The maximum atomic E-state index is 12.8. The molecule has 0 spiro atoms. The summed E-state index contributed by atoms with van der Waals surface area (Å²) in [7, 11) is 1.31. The Hall–Kier alpha value is -4.26. The Balaban J connectivity index is 1.75. The molecule has 0 bridgehead atoms. The van der Waals surface area contributed by atoms with Gasteiger partial charge < -0.3 is 21.5 Å². The van der Waals surface area contributed by atoms with Gasteiger partial charge in [-0.15, -0.1) is 12.3 Å². The molecule has 0 saturated carbocycles. The molecule has 1 aromatic carbocycles. The molecule has 0 aliphatic rings. The fourth-order valence-corrected chi connectivity index (χ4v) is 3.82. The SMILES string of the molecule is C#CCC(Cc1cnc2nc(N)nc(N)c2n1)c1ccc(C(=O)N[C@@H](CCC(C)C)C(=O)OC)cc1. The summed E-state index contributed by atoms with van der Waals surface area (Å²) in [6, 6.07) is 6.43. The van der Waals surface area contributed by atoms with Crippen molar-refractivity contribution in [3.05, 3.63) is 47.3 Å². The normalized spacial score (nSPS) is 12.6. The second-order valence-corrected chi connectivity index (χ2v) is 8.95. The zero-order valence-electron chi connectivity index (χ0n) is 20.7. The summed E-state index contributed by atoms with van der Waals surface area (Å²) in [5.74, 6) is 2.43. The number of nitrogens with zero attached hydrogens (tertiary/aromatic N) is 4. The molecule has 1 amide bonds. The van der Waals surface area contributed by atoms with Crippen LogP contribution in [0.4, 0.5) is 11.8 Å². The first-order valence-electron chi connectivity index (χ1n) is 11.7. The number of rotatable bonds is 10. The Bertz CT molecular complexity index is 1270. The molecule has 10 nitrogen and oxygen atoms in total. The van der Waals surface area contributed by atoms with E-state index >= 15 is 0 Å². The summed E-state index contributed by atoms with van der Waals surface area (Å²) < 4.78 is 4.85. The van der Waals surface area contributed by atoms with Crippen LogP contribution in [0.25, 0.3) is 11.2 Å². The number of aromatic nitrogens is 4. The van der Waals surface area contributed by atoms with E-state index in [1.54, 1.807) is 18.3 Å². The number of esters is 1. The number of anilines is 2. The number of nitrogens with one attached hydrogen (secondary N) is 1. The van der Waals surface area contributed by atoms with Crippen molar-refractivity contribution in [2.45, 2.75) is 51.5 Å². The molecular formula is C26H31N7O3. The van der Waals surface area contributed by atoms with Crippen molar-refractivity contribution in [3.63, 3.8) is 0 Å². The smallest absolute Gasteiger partial charge is 0.328 e. The molecule has 1 unspecified atom stereocenters. The van der Waals surface area contributed by atoms with Crippen molar-refractivity contribution in [2.24, 2.45) is 5.92 Å². The maximum absolute atomic E-state index is 12.8. The molecule has 0 radical (unpaired) electrons. The largest absolute Gasteiger partial charge is 0.467 e. The quantitative estimate of drug-likeness (QED) is 0.287. The van der Waals surface area contributed by atoms with E-state index in [4.69, 9.17) is 22.6 Å². The fourth-order valence-electron chi connectivity index (χ4n) is 3.82. The molecule has 2 aromatic heterocycles. The van der Waals surface area contributed by atoms with Gasteiger partial charge in [-0.3, -0.25) is 4.79 Å². The molecule has 3 rings (SSSR count). The number of carbonyl (C=O) groups is 2.